The summed E-state index contributed by atoms with van der Waals surface area (Å²) in [4.78, 5) is 0. The summed E-state index contributed by atoms with van der Waals surface area (Å²) in [5.74, 6) is 0.578. The molecule has 0 unspecified atom stereocenters. The van der Waals surface area contributed by atoms with Crippen LogP contribution in [0.2, 0.25) is 0 Å². The van der Waals surface area contributed by atoms with Crippen molar-refractivity contribution < 1.29 is 0 Å². The van der Waals surface area contributed by atoms with Crippen molar-refractivity contribution in [2.45, 2.75) is 18.3 Å². The average Bonchev–Trinajstić information content (AvgIpc) is 2.99. The Bertz CT molecular complexity index is 309. The summed E-state index contributed by atoms with van der Waals surface area (Å²) in [7, 11) is 0. The number of hydrogen-bond acceptors (Lipinski definition) is 0. The van der Waals surface area contributed by atoms with Crippen LogP contribution in [0.1, 0.15) is 18.4 Å². The van der Waals surface area contributed by atoms with E-state index in [1.165, 1.54) is 24.0 Å². The summed E-state index contributed by atoms with van der Waals surface area (Å²) in [6.45, 7) is 4.05. The summed E-state index contributed by atoms with van der Waals surface area (Å²) >= 11 is 5.83. The normalized spacial score (nSPS) is 18.2. The molecule has 2 rings (SSSR count). The van der Waals surface area contributed by atoms with Crippen molar-refractivity contribution in [1.82, 2.24) is 0 Å². The van der Waals surface area contributed by atoms with Crippen molar-refractivity contribution in [3.05, 3.63) is 48.0 Å². The van der Waals surface area contributed by atoms with Crippen molar-refractivity contribution in [1.29, 1.82) is 0 Å². The van der Waals surface area contributed by atoms with Crippen LogP contribution in [0.3, 0.4) is 0 Å². The second-order valence-electron chi connectivity index (χ2n) is 3.69. The van der Waals surface area contributed by atoms with E-state index in [1.54, 1.807) is 0 Å². The zero-order valence-corrected chi connectivity index (χ0v) is 8.35. The standard InChI is InChI=1S/C12H13Cl/c1-10(9-13)12(7-8-12)11-5-3-2-4-6-11/h2-6H,1,7-9H2. The highest BCUT2D eigenvalue weighted by Gasteiger charge is 2.45. The molecule has 1 heteroatoms. The first-order valence-electron chi connectivity index (χ1n) is 4.59. The van der Waals surface area contributed by atoms with E-state index in [0.29, 0.717) is 5.88 Å². The molecule has 1 aliphatic carbocycles. The molecule has 0 saturated heterocycles. The molecule has 0 N–H and O–H groups in total. The monoisotopic (exact) mass is 192 g/mol. The Morgan fingerprint density at radius 1 is 1.31 bits per heavy atom. The number of benzene rings is 1. The van der Waals surface area contributed by atoms with Gasteiger partial charge < -0.3 is 0 Å². The van der Waals surface area contributed by atoms with E-state index in [-0.39, 0.29) is 5.41 Å². The highest BCUT2D eigenvalue weighted by atomic mass is 35.5. The first-order valence-corrected chi connectivity index (χ1v) is 5.13. The second kappa shape index (κ2) is 3.19. The highest BCUT2D eigenvalue weighted by Crippen LogP contribution is 2.53. The molecule has 0 spiro atoms. The second-order valence-corrected chi connectivity index (χ2v) is 3.95. The first-order chi connectivity index (χ1) is 6.29. The molecule has 0 amide bonds. The van der Waals surface area contributed by atoms with E-state index in [1.807, 2.05) is 6.07 Å². The molecule has 1 aromatic carbocycles. The van der Waals surface area contributed by atoms with Gasteiger partial charge in [-0.1, -0.05) is 42.5 Å². The topological polar surface area (TPSA) is 0 Å². The minimum Gasteiger partial charge on any atom is -0.122 e. The number of halogens is 1. The predicted molar refractivity (Wildman–Crippen MR) is 57.2 cm³/mol. The summed E-state index contributed by atoms with van der Waals surface area (Å²) in [5.41, 5.74) is 2.77. The van der Waals surface area contributed by atoms with Crippen LogP contribution in [-0.4, -0.2) is 5.88 Å². The van der Waals surface area contributed by atoms with Gasteiger partial charge in [-0.3, -0.25) is 0 Å². The number of hydrogen-bond donors (Lipinski definition) is 0. The third kappa shape index (κ3) is 1.40. The van der Waals surface area contributed by atoms with Crippen LogP contribution in [0.5, 0.6) is 0 Å². The Balaban J connectivity index is 2.31. The number of alkyl halides is 1. The molecule has 1 aliphatic rings. The van der Waals surface area contributed by atoms with Crippen LogP contribution in [0.4, 0.5) is 0 Å². The number of rotatable bonds is 3. The van der Waals surface area contributed by atoms with Gasteiger partial charge >= 0.3 is 0 Å². The smallest absolute Gasteiger partial charge is 0.0439 e. The van der Waals surface area contributed by atoms with Gasteiger partial charge in [-0.25, -0.2) is 0 Å². The zero-order valence-electron chi connectivity index (χ0n) is 7.59. The molecule has 1 aromatic rings. The van der Waals surface area contributed by atoms with Crippen molar-refractivity contribution >= 4 is 11.6 Å². The van der Waals surface area contributed by atoms with Gasteiger partial charge in [0, 0.05) is 11.3 Å². The third-order valence-electron chi connectivity index (χ3n) is 2.91. The van der Waals surface area contributed by atoms with Crippen LogP contribution in [-0.2, 0) is 5.41 Å². The van der Waals surface area contributed by atoms with Gasteiger partial charge in [-0.05, 0) is 18.4 Å². The van der Waals surface area contributed by atoms with Crippen molar-refractivity contribution in [2.24, 2.45) is 0 Å². The molecule has 0 heterocycles. The fourth-order valence-corrected chi connectivity index (χ4v) is 2.11. The van der Waals surface area contributed by atoms with Crippen molar-refractivity contribution in [3.63, 3.8) is 0 Å². The van der Waals surface area contributed by atoms with E-state index in [0.717, 1.165) is 0 Å². The molecular weight excluding hydrogens is 180 g/mol. The van der Waals surface area contributed by atoms with E-state index < -0.39 is 0 Å². The molecule has 68 valence electrons. The lowest BCUT2D eigenvalue weighted by Gasteiger charge is -2.16. The minimum atomic E-state index is 0.225. The summed E-state index contributed by atoms with van der Waals surface area (Å²) in [6, 6.07) is 10.5. The molecule has 0 atom stereocenters. The highest BCUT2D eigenvalue weighted by molar-refractivity contribution is 6.19. The largest absolute Gasteiger partial charge is 0.122 e. The lowest BCUT2D eigenvalue weighted by Crippen LogP contribution is -2.10. The summed E-state index contributed by atoms with van der Waals surface area (Å²) < 4.78 is 0. The molecular formula is C12H13Cl. The van der Waals surface area contributed by atoms with Gasteiger partial charge in [0.05, 0.1) is 0 Å². The molecule has 0 aliphatic heterocycles. The van der Waals surface area contributed by atoms with E-state index in [2.05, 4.69) is 30.8 Å². The lowest BCUT2D eigenvalue weighted by molar-refractivity contribution is 0.827. The van der Waals surface area contributed by atoms with Gasteiger partial charge in [-0.2, -0.15) is 0 Å². The van der Waals surface area contributed by atoms with Gasteiger partial charge in [-0.15, -0.1) is 11.6 Å². The van der Waals surface area contributed by atoms with Crippen molar-refractivity contribution in [2.75, 3.05) is 5.88 Å². The maximum Gasteiger partial charge on any atom is 0.0439 e. The molecule has 1 saturated carbocycles. The van der Waals surface area contributed by atoms with E-state index in [4.69, 9.17) is 11.6 Å². The van der Waals surface area contributed by atoms with Crippen LogP contribution < -0.4 is 0 Å². The third-order valence-corrected chi connectivity index (χ3v) is 3.24. The SMILES string of the molecule is C=C(CCl)C1(c2ccccc2)CC1. The minimum absolute atomic E-state index is 0.225. The molecule has 13 heavy (non-hydrogen) atoms. The van der Waals surface area contributed by atoms with Crippen LogP contribution in [0, 0.1) is 0 Å². The molecule has 1 fully saturated rings. The zero-order chi connectivity index (χ0) is 9.31. The van der Waals surface area contributed by atoms with E-state index in [9.17, 15) is 0 Å². The molecule has 0 bridgehead atoms. The van der Waals surface area contributed by atoms with Crippen LogP contribution >= 0.6 is 11.6 Å². The van der Waals surface area contributed by atoms with Gasteiger partial charge in [0.25, 0.3) is 0 Å². The quantitative estimate of drug-likeness (QED) is 0.508. The van der Waals surface area contributed by atoms with Crippen molar-refractivity contribution in [3.8, 4) is 0 Å². The Kier molecular flexibility index (Phi) is 2.17. The fraction of sp³-hybridized carbons (Fsp3) is 0.333. The van der Waals surface area contributed by atoms with Crippen LogP contribution in [0.15, 0.2) is 42.5 Å². The average molecular weight is 193 g/mol. The van der Waals surface area contributed by atoms with Gasteiger partial charge in [0.2, 0.25) is 0 Å². The summed E-state index contributed by atoms with van der Waals surface area (Å²) in [6.07, 6.45) is 2.42. The summed E-state index contributed by atoms with van der Waals surface area (Å²) in [5, 5.41) is 0. The first kappa shape index (κ1) is 8.83. The van der Waals surface area contributed by atoms with Crippen LogP contribution in [0.25, 0.3) is 0 Å². The Morgan fingerprint density at radius 3 is 2.38 bits per heavy atom. The van der Waals surface area contributed by atoms with Gasteiger partial charge in [0.15, 0.2) is 0 Å². The van der Waals surface area contributed by atoms with E-state index >= 15 is 0 Å². The fourth-order valence-electron chi connectivity index (χ4n) is 1.86. The maximum atomic E-state index is 5.83. The predicted octanol–water partition coefficient (Wildman–Crippen LogP) is 3.51. The number of allylic oxidation sites excluding steroid dienone is 1. The Morgan fingerprint density at radius 2 is 1.92 bits per heavy atom. The molecule has 0 aromatic heterocycles. The van der Waals surface area contributed by atoms with Gasteiger partial charge in [0.1, 0.15) is 0 Å². The molecule has 0 radical (unpaired) electrons. The Hall–Kier alpha value is -0.750. The molecule has 0 nitrogen and oxygen atoms in total. The Labute approximate surface area is 84.2 Å². The lowest BCUT2D eigenvalue weighted by atomic mass is 9.90. The maximum absolute atomic E-state index is 5.83.